The highest BCUT2D eigenvalue weighted by atomic mass is 32.2. The summed E-state index contributed by atoms with van der Waals surface area (Å²) in [6, 6.07) is 15.1. The SMILES string of the molecule is CCCCn1c(CCC(=O)N(CCC)Cc2ccccc2)nc2cc(S(=O)(=O)N(C)C)ccc21. The minimum absolute atomic E-state index is 0.107. The number of imidazole rings is 1. The monoisotopic (exact) mass is 484 g/mol. The molecule has 0 atom stereocenters. The van der Waals surface area contributed by atoms with Gasteiger partial charge >= 0.3 is 0 Å². The van der Waals surface area contributed by atoms with Crippen LogP contribution in [0.25, 0.3) is 11.0 Å². The number of carbonyl (C=O) groups excluding carboxylic acids is 1. The Morgan fingerprint density at radius 3 is 2.41 bits per heavy atom. The summed E-state index contributed by atoms with van der Waals surface area (Å²) in [6.45, 7) is 6.32. The Bertz CT molecular complexity index is 1200. The first-order chi connectivity index (χ1) is 16.3. The van der Waals surface area contributed by atoms with Gasteiger partial charge in [0.15, 0.2) is 0 Å². The first-order valence-electron chi connectivity index (χ1n) is 12.0. The van der Waals surface area contributed by atoms with Gasteiger partial charge in [0.1, 0.15) is 5.82 Å². The highest BCUT2D eigenvalue weighted by molar-refractivity contribution is 7.89. The van der Waals surface area contributed by atoms with E-state index >= 15 is 0 Å². The maximum Gasteiger partial charge on any atom is 0.242 e. The van der Waals surface area contributed by atoms with Crippen molar-refractivity contribution in [2.45, 2.75) is 63.9 Å². The molecule has 0 aliphatic rings. The van der Waals surface area contributed by atoms with Gasteiger partial charge in [-0.25, -0.2) is 17.7 Å². The molecule has 34 heavy (non-hydrogen) atoms. The lowest BCUT2D eigenvalue weighted by Crippen LogP contribution is -2.31. The largest absolute Gasteiger partial charge is 0.338 e. The number of carbonyl (C=O) groups is 1. The van der Waals surface area contributed by atoms with E-state index in [-0.39, 0.29) is 10.8 Å². The fourth-order valence-corrected chi connectivity index (χ4v) is 4.95. The van der Waals surface area contributed by atoms with Crippen molar-refractivity contribution in [2.24, 2.45) is 0 Å². The van der Waals surface area contributed by atoms with Crippen molar-refractivity contribution in [3.63, 3.8) is 0 Å². The molecule has 1 aromatic heterocycles. The number of unbranched alkanes of at least 4 members (excludes halogenated alkanes) is 1. The Morgan fingerprint density at radius 2 is 1.76 bits per heavy atom. The molecule has 0 spiro atoms. The summed E-state index contributed by atoms with van der Waals surface area (Å²) in [4.78, 5) is 20.0. The summed E-state index contributed by atoms with van der Waals surface area (Å²) in [7, 11) is -0.495. The molecule has 0 aliphatic carbocycles. The molecule has 0 unspecified atom stereocenters. The highest BCUT2D eigenvalue weighted by Crippen LogP contribution is 2.23. The topological polar surface area (TPSA) is 75.5 Å². The lowest BCUT2D eigenvalue weighted by Gasteiger charge is -2.22. The van der Waals surface area contributed by atoms with Crippen molar-refractivity contribution in [2.75, 3.05) is 20.6 Å². The van der Waals surface area contributed by atoms with Crippen LogP contribution < -0.4 is 0 Å². The van der Waals surface area contributed by atoms with Crippen molar-refractivity contribution < 1.29 is 13.2 Å². The van der Waals surface area contributed by atoms with E-state index in [0.717, 1.165) is 42.7 Å². The van der Waals surface area contributed by atoms with Gasteiger partial charge in [0.2, 0.25) is 15.9 Å². The van der Waals surface area contributed by atoms with Crippen molar-refractivity contribution in [3.8, 4) is 0 Å². The number of nitrogens with zero attached hydrogens (tertiary/aromatic N) is 4. The number of rotatable bonds is 12. The summed E-state index contributed by atoms with van der Waals surface area (Å²) in [5, 5.41) is 0. The molecular formula is C26H36N4O3S. The van der Waals surface area contributed by atoms with Gasteiger partial charge in [-0.2, -0.15) is 0 Å². The summed E-state index contributed by atoms with van der Waals surface area (Å²) in [6.07, 6.45) is 3.80. The van der Waals surface area contributed by atoms with Crippen LogP contribution in [0.3, 0.4) is 0 Å². The second-order valence-electron chi connectivity index (χ2n) is 8.77. The molecular weight excluding hydrogens is 448 g/mol. The lowest BCUT2D eigenvalue weighted by molar-refractivity contribution is -0.131. The minimum atomic E-state index is -3.54. The second kappa shape index (κ2) is 11.6. The molecule has 7 nitrogen and oxygen atoms in total. The smallest absolute Gasteiger partial charge is 0.242 e. The van der Waals surface area contributed by atoms with Crippen molar-refractivity contribution in [1.29, 1.82) is 0 Å². The molecule has 184 valence electrons. The standard InChI is InChI=1S/C26H36N4O3S/c1-5-7-18-30-24-14-13-22(34(32,33)28(3)4)19-23(24)27-25(30)15-16-26(31)29(17-6-2)20-21-11-9-8-10-12-21/h8-14,19H,5-7,15-18,20H2,1-4H3. The van der Waals surface area contributed by atoms with Gasteiger partial charge in [0.05, 0.1) is 15.9 Å². The van der Waals surface area contributed by atoms with Gasteiger partial charge in [-0.1, -0.05) is 50.6 Å². The Balaban J connectivity index is 1.84. The quantitative estimate of drug-likeness (QED) is 0.380. The van der Waals surface area contributed by atoms with E-state index in [0.29, 0.717) is 31.4 Å². The molecule has 8 heteroatoms. The molecule has 0 fully saturated rings. The number of amides is 1. The van der Waals surface area contributed by atoms with Gasteiger partial charge in [-0.15, -0.1) is 0 Å². The van der Waals surface area contributed by atoms with E-state index in [1.54, 1.807) is 12.1 Å². The first-order valence-corrected chi connectivity index (χ1v) is 13.4. The number of benzene rings is 2. The molecule has 3 rings (SSSR count). The summed E-state index contributed by atoms with van der Waals surface area (Å²) in [5.41, 5.74) is 2.67. The van der Waals surface area contributed by atoms with E-state index in [4.69, 9.17) is 4.98 Å². The predicted molar refractivity (Wildman–Crippen MR) is 136 cm³/mol. The molecule has 0 radical (unpaired) electrons. The average molecular weight is 485 g/mol. The van der Waals surface area contributed by atoms with Crippen LogP contribution in [0.2, 0.25) is 0 Å². The number of hydrogen-bond donors (Lipinski definition) is 0. The maximum absolute atomic E-state index is 13.1. The number of sulfonamides is 1. The molecule has 1 amide bonds. The van der Waals surface area contributed by atoms with Gasteiger partial charge in [-0.05, 0) is 36.6 Å². The van der Waals surface area contributed by atoms with Crippen molar-refractivity contribution in [1.82, 2.24) is 18.8 Å². The second-order valence-corrected chi connectivity index (χ2v) is 10.9. The van der Waals surface area contributed by atoms with E-state index in [1.165, 1.54) is 18.4 Å². The number of fused-ring (bicyclic) bond motifs is 1. The fourth-order valence-electron chi connectivity index (χ4n) is 4.03. The third kappa shape index (κ3) is 6.04. The molecule has 0 saturated heterocycles. The lowest BCUT2D eigenvalue weighted by atomic mass is 10.2. The zero-order valence-electron chi connectivity index (χ0n) is 20.7. The van der Waals surface area contributed by atoms with E-state index < -0.39 is 10.0 Å². The van der Waals surface area contributed by atoms with Gasteiger partial charge < -0.3 is 9.47 Å². The van der Waals surface area contributed by atoms with E-state index in [1.807, 2.05) is 41.3 Å². The molecule has 0 aliphatic heterocycles. The van der Waals surface area contributed by atoms with E-state index in [9.17, 15) is 13.2 Å². The number of aryl methyl sites for hydroxylation is 2. The van der Waals surface area contributed by atoms with Gasteiger partial charge in [0.25, 0.3) is 0 Å². The third-order valence-electron chi connectivity index (χ3n) is 5.94. The van der Waals surface area contributed by atoms with Crippen LogP contribution in [0.1, 0.15) is 50.9 Å². The van der Waals surface area contributed by atoms with Crippen LogP contribution in [0.5, 0.6) is 0 Å². The molecule has 1 heterocycles. The molecule has 3 aromatic rings. The normalized spacial score (nSPS) is 11.9. The molecule has 0 N–H and O–H groups in total. The van der Waals surface area contributed by atoms with Crippen LogP contribution >= 0.6 is 0 Å². The van der Waals surface area contributed by atoms with Gasteiger partial charge in [0, 0.05) is 46.6 Å². The van der Waals surface area contributed by atoms with Crippen LogP contribution in [-0.2, 0) is 34.3 Å². The Morgan fingerprint density at radius 1 is 1.03 bits per heavy atom. The van der Waals surface area contributed by atoms with Crippen LogP contribution in [0.15, 0.2) is 53.4 Å². The average Bonchev–Trinajstić information content (AvgIpc) is 3.18. The van der Waals surface area contributed by atoms with Crippen molar-refractivity contribution >= 4 is 27.0 Å². The zero-order chi connectivity index (χ0) is 24.7. The van der Waals surface area contributed by atoms with Crippen LogP contribution in [0, 0.1) is 0 Å². The van der Waals surface area contributed by atoms with Crippen molar-refractivity contribution in [3.05, 3.63) is 59.9 Å². The summed E-state index contributed by atoms with van der Waals surface area (Å²) < 4.78 is 28.5. The summed E-state index contributed by atoms with van der Waals surface area (Å²) in [5.74, 6) is 0.933. The fraction of sp³-hybridized carbons (Fsp3) is 0.462. The Hall–Kier alpha value is -2.71. The molecule has 2 aromatic carbocycles. The zero-order valence-corrected chi connectivity index (χ0v) is 21.5. The predicted octanol–water partition coefficient (Wildman–Crippen LogP) is 4.46. The van der Waals surface area contributed by atoms with Gasteiger partial charge in [-0.3, -0.25) is 4.79 Å². The third-order valence-corrected chi connectivity index (χ3v) is 7.75. The maximum atomic E-state index is 13.1. The Labute approximate surface area is 203 Å². The number of hydrogen-bond acceptors (Lipinski definition) is 4. The number of aromatic nitrogens is 2. The van der Waals surface area contributed by atoms with E-state index in [2.05, 4.69) is 18.4 Å². The molecule has 0 saturated carbocycles. The minimum Gasteiger partial charge on any atom is -0.338 e. The van der Waals surface area contributed by atoms with Crippen LogP contribution in [-0.4, -0.2) is 53.7 Å². The summed E-state index contributed by atoms with van der Waals surface area (Å²) >= 11 is 0. The first kappa shape index (κ1) is 25.9. The molecule has 0 bridgehead atoms. The highest BCUT2D eigenvalue weighted by Gasteiger charge is 2.21. The van der Waals surface area contributed by atoms with Crippen LogP contribution in [0.4, 0.5) is 0 Å². The Kier molecular flexibility index (Phi) is 8.85.